The Labute approximate surface area is 118 Å². The minimum absolute atomic E-state index is 0.189. The maximum Gasteiger partial charge on any atom is 0.308 e. The first kappa shape index (κ1) is 13.6. The predicted molar refractivity (Wildman–Crippen MR) is 73.9 cm³/mol. The average Bonchev–Trinajstić information content (AvgIpc) is 2.34. The summed E-state index contributed by atoms with van der Waals surface area (Å²) < 4.78 is 0. The van der Waals surface area contributed by atoms with Gasteiger partial charge >= 0.3 is 5.97 Å². The lowest BCUT2D eigenvalue weighted by Crippen LogP contribution is -2.16. The first-order valence-electron chi connectivity index (χ1n) is 5.37. The summed E-state index contributed by atoms with van der Waals surface area (Å²) in [4.78, 5) is 24.9. The summed E-state index contributed by atoms with van der Waals surface area (Å²) in [6.07, 6.45) is -0.321. The molecule has 0 amide bonds. The van der Waals surface area contributed by atoms with Gasteiger partial charge in [-0.1, -0.05) is 29.3 Å². The number of benzene rings is 1. The van der Waals surface area contributed by atoms with Crippen LogP contribution in [0.3, 0.4) is 0 Å². The van der Waals surface area contributed by atoms with Gasteiger partial charge < -0.3 is 10.1 Å². The lowest BCUT2D eigenvalue weighted by atomic mass is 10.1. The zero-order chi connectivity index (χ0) is 14.0. The largest absolute Gasteiger partial charge is 0.481 e. The number of nitrogens with one attached hydrogen (secondary N) is 1. The van der Waals surface area contributed by atoms with E-state index in [-0.39, 0.29) is 12.0 Å². The molecule has 1 aromatic carbocycles. The fraction of sp³-hybridized carbons (Fsp3) is 0.0769. The van der Waals surface area contributed by atoms with Crippen LogP contribution >= 0.6 is 23.2 Å². The molecule has 0 atom stereocenters. The number of pyridine rings is 1. The number of carbonyl (C=O) groups is 1. The Balaban J connectivity index is 2.47. The van der Waals surface area contributed by atoms with Crippen LogP contribution in [0, 0.1) is 0 Å². The normalized spacial score (nSPS) is 10.4. The molecule has 6 heteroatoms. The van der Waals surface area contributed by atoms with E-state index in [0.717, 1.165) is 0 Å². The molecule has 0 saturated carbocycles. The number of hydrogen-bond acceptors (Lipinski definition) is 2. The van der Waals surface area contributed by atoms with Crippen LogP contribution in [0.5, 0.6) is 0 Å². The Bertz CT molecular complexity index is 695. The zero-order valence-electron chi connectivity index (χ0n) is 9.61. The van der Waals surface area contributed by atoms with Gasteiger partial charge in [-0.3, -0.25) is 9.59 Å². The summed E-state index contributed by atoms with van der Waals surface area (Å²) in [6.45, 7) is 0. The molecule has 0 radical (unpaired) electrons. The Morgan fingerprint density at radius 3 is 2.58 bits per heavy atom. The highest BCUT2D eigenvalue weighted by atomic mass is 35.5. The average molecular weight is 298 g/mol. The topological polar surface area (TPSA) is 70.2 Å². The minimum Gasteiger partial charge on any atom is -0.481 e. The van der Waals surface area contributed by atoms with Crippen molar-refractivity contribution in [2.75, 3.05) is 0 Å². The number of carboxylic acid groups (broad SMARTS) is 1. The van der Waals surface area contributed by atoms with Gasteiger partial charge in [0.1, 0.15) is 0 Å². The van der Waals surface area contributed by atoms with E-state index < -0.39 is 11.5 Å². The van der Waals surface area contributed by atoms with Crippen molar-refractivity contribution in [3.05, 3.63) is 56.3 Å². The molecule has 0 saturated heterocycles. The molecule has 4 nitrogen and oxygen atoms in total. The number of H-pyrrole nitrogens is 1. The van der Waals surface area contributed by atoms with Crippen LogP contribution in [0.2, 0.25) is 10.0 Å². The Hall–Kier alpha value is -1.78. The SMILES string of the molecule is O=C(O)Cc1ccc(-c2cc(Cl)ccc2Cl)[nH]c1=O. The molecule has 2 rings (SSSR count). The van der Waals surface area contributed by atoms with E-state index in [0.29, 0.717) is 21.3 Å². The molecule has 0 aliphatic heterocycles. The maximum absolute atomic E-state index is 11.8. The first-order valence-corrected chi connectivity index (χ1v) is 6.12. The molecule has 19 heavy (non-hydrogen) atoms. The second kappa shape index (κ2) is 5.47. The number of carboxylic acids is 1. The van der Waals surface area contributed by atoms with Gasteiger partial charge in [0.25, 0.3) is 5.56 Å². The molecule has 98 valence electrons. The van der Waals surface area contributed by atoms with Crippen LogP contribution in [-0.2, 0) is 11.2 Å². The number of halogens is 2. The fourth-order valence-corrected chi connectivity index (χ4v) is 2.06. The van der Waals surface area contributed by atoms with E-state index >= 15 is 0 Å². The molecule has 0 spiro atoms. The molecule has 2 aromatic rings. The van der Waals surface area contributed by atoms with E-state index in [4.69, 9.17) is 28.3 Å². The van der Waals surface area contributed by atoms with Gasteiger partial charge in [0, 0.05) is 26.9 Å². The van der Waals surface area contributed by atoms with Crippen molar-refractivity contribution in [3.63, 3.8) is 0 Å². The van der Waals surface area contributed by atoms with Crippen molar-refractivity contribution in [1.82, 2.24) is 4.98 Å². The van der Waals surface area contributed by atoms with Gasteiger partial charge in [0.15, 0.2) is 0 Å². The van der Waals surface area contributed by atoms with Gasteiger partial charge in [-0.05, 0) is 24.3 Å². The van der Waals surface area contributed by atoms with E-state index in [1.165, 1.54) is 6.07 Å². The van der Waals surface area contributed by atoms with Crippen LogP contribution in [0.1, 0.15) is 5.56 Å². The second-order valence-electron chi connectivity index (χ2n) is 3.92. The summed E-state index contributed by atoms with van der Waals surface area (Å²) in [7, 11) is 0. The van der Waals surface area contributed by atoms with Crippen LogP contribution in [0.25, 0.3) is 11.3 Å². The fourth-order valence-electron chi connectivity index (χ4n) is 1.67. The first-order chi connectivity index (χ1) is 8.97. The summed E-state index contributed by atoms with van der Waals surface area (Å²) in [6, 6.07) is 7.98. The van der Waals surface area contributed by atoms with E-state index in [1.54, 1.807) is 24.3 Å². The second-order valence-corrected chi connectivity index (χ2v) is 4.76. The third-order valence-electron chi connectivity index (χ3n) is 2.55. The highest BCUT2D eigenvalue weighted by Crippen LogP contribution is 2.28. The summed E-state index contributed by atoms with van der Waals surface area (Å²) >= 11 is 11.9. The number of aliphatic carboxylic acids is 1. The molecule has 0 unspecified atom stereocenters. The summed E-state index contributed by atoms with van der Waals surface area (Å²) in [5, 5.41) is 9.61. The molecule has 2 N–H and O–H groups in total. The molecule has 0 aliphatic carbocycles. The molecule has 0 fully saturated rings. The Morgan fingerprint density at radius 2 is 1.95 bits per heavy atom. The van der Waals surface area contributed by atoms with Gasteiger partial charge in [-0.15, -0.1) is 0 Å². The predicted octanol–water partition coefficient (Wildman–Crippen LogP) is 2.98. The Kier molecular flexibility index (Phi) is 3.93. The van der Waals surface area contributed by atoms with Crippen LogP contribution < -0.4 is 5.56 Å². The minimum atomic E-state index is -1.06. The Morgan fingerprint density at radius 1 is 1.21 bits per heavy atom. The highest BCUT2D eigenvalue weighted by Gasteiger charge is 2.09. The number of aromatic nitrogens is 1. The monoisotopic (exact) mass is 297 g/mol. The maximum atomic E-state index is 11.8. The standard InChI is InChI=1S/C13H9Cl2NO3/c14-8-2-3-10(15)9(6-8)11-4-1-7(5-12(17)18)13(19)16-11/h1-4,6H,5H2,(H,16,19)(H,17,18). The lowest BCUT2D eigenvalue weighted by molar-refractivity contribution is -0.136. The molecular formula is C13H9Cl2NO3. The van der Waals surface area contributed by atoms with Crippen molar-refractivity contribution >= 4 is 29.2 Å². The van der Waals surface area contributed by atoms with Crippen molar-refractivity contribution in [2.45, 2.75) is 6.42 Å². The van der Waals surface area contributed by atoms with Crippen LogP contribution in [0.15, 0.2) is 35.1 Å². The van der Waals surface area contributed by atoms with Gasteiger partial charge in [-0.25, -0.2) is 0 Å². The van der Waals surface area contributed by atoms with Gasteiger partial charge in [-0.2, -0.15) is 0 Å². The lowest BCUT2D eigenvalue weighted by Gasteiger charge is -2.06. The molecule has 1 aromatic heterocycles. The third kappa shape index (κ3) is 3.16. The van der Waals surface area contributed by atoms with Crippen molar-refractivity contribution in [2.24, 2.45) is 0 Å². The molecule has 0 bridgehead atoms. The van der Waals surface area contributed by atoms with E-state index in [9.17, 15) is 9.59 Å². The van der Waals surface area contributed by atoms with Crippen molar-refractivity contribution in [3.8, 4) is 11.3 Å². The third-order valence-corrected chi connectivity index (χ3v) is 3.12. The molecule has 0 aliphatic rings. The van der Waals surface area contributed by atoms with Crippen molar-refractivity contribution < 1.29 is 9.90 Å². The number of rotatable bonds is 3. The quantitative estimate of drug-likeness (QED) is 0.915. The van der Waals surface area contributed by atoms with E-state index in [1.807, 2.05) is 0 Å². The van der Waals surface area contributed by atoms with Crippen LogP contribution in [-0.4, -0.2) is 16.1 Å². The van der Waals surface area contributed by atoms with E-state index in [2.05, 4.69) is 4.98 Å². The highest BCUT2D eigenvalue weighted by molar-refractivity contribution is 6.35. The smallest absolute Gasteiger partial charge is 0.308 e. The summed E-state index contributed by atoms with van der Waals surface area (Å²) in [5.74, 6) is -1.06. The summed E-state index contributed by atoms with van der Waals surface area (Å²) in [5.41, 5.74) is 0.824. The van der Waals surface area contributed by atoms with Crippen molar-refractivity contribution in [1.29, 1.82) is 0 Å². The molecular weight excluding hydrogens is 289 g/mol. The van der Waals surface area contributed by atoms with Crippen LogP contribution in [0.4, 0.5) is 0 Å². The number of hydrogen-bond donors (Lipinski definition) is 2. The zero-order valence-corrected chi connectivity index (χ0v) is 11.1. The molecule has 1 heterocycles. The number of aromatic amines is 1. The van der Waals surface area contributed by atoms with Gasteiger partial charge in [0.2, 0.25) is 0 Å². The van der Waals surface area contributed by atoms with Gasteiger partial charge in [0.05, 0.1) is 6.42 Å².